The Morgan fingerprint density at radius 3 is 2.56 bits per heavy atom. The van der Waals surface area contributed by atoms with Gasteiger partial charge >= 0.3 is 0 Å². The number of hydrogen-bond donors (Lipinski definition) is 2. The van der Waals surface area contributed by atoms with Crippen molar-refractivity contribution in [3.05, 3.63) is 29.8 Å². The predicted octanol–water partition coefficient (Wildman–Crippen LogP) is 1.15. The molecule has 1 heterocycles. The van der Waals surface area contributed by atoms with Crippen molar-refractivity contribution in [2.75, 3.05) is 32.9 Å². The zero-order valence-electron chi connectivity index (χ0n) is 10.9. The van der Waals surface area contributed by atoms with E-state index in [0.29, 0.717) is 13.2 Å². The molecule has 1 fully saturated rings. The molecule has 1 aliphatic rings. The summed E-state index contributed by atoms with van der Waals surface area (Å²) in [6.07, 6.45) is 0. The van der Waals surface area contributed by atoms with Crippen molar-refractivity contribution in [2.24, 2.45) is 11.1 Å². The van der Waals surface area contributed by atoms with Crippen molar-refractivity contribution in [2.45, 2.75) is 13.5 Å². The Labute approximate surface area is 108 Å². The summed E-state index contributed by atoms with van der Waals surface area (Å²) in [6, 6.07) is 8.19. The average molecular weight is 250 g/mol. The summed E-state index contributed by atoms with van der Waals surface area (Å²) >= 11 is 0. The van der Waals surface area contributed by atoms with Crippen LogP contribution in [0.4, 0.5) is 0 Å². The van der Waals surface area contributed by atoms with Gasteiger partial charge in [0.25, 0.3) is 0 Å². The summed E-state index contributed by atoms with van der Waals surface area (Å²) in [5, 5.41) is 3.45. The first-order chi connectivity index (χ1) is 8.78. The molecular weight excluding hydrogens is 228 g/mol. The highest BCUT2D eigenvalue weighted by molar-refractivity contribution is 5.27. The summed E-state index contributed by atoms with van der Waals surface area (Å²) in [5.41, 5.74) is 7.18. The SMILES string of the molecule is CCOc1ccc(CNCC2(CN)COC2)cc1. The number of nitrogens with two attached hydrogens (primary N) is 1. The van der Waals surface area contributed by atoms with Crippen molar-refractivity contribution in [1.29, 1.82) is 0 Å². The molecule has 0 atom stereocenters. The largest absolute Gasteiger partial charge is 0.494 e. The molecule has 3 N–H and O–H groups in total. The highest BCUT2D eigenvalue weighted by atomic mass is 16.5. The van der Waals surface area contributed by atoms with Crippen LogP contribution < -0.4 is 15.8 Å². The van der Waals surface area contributed by atoms with E-state index in [1.54, 1.807) is 0 Å². The second kappa shape index (κ2) is 6.18. The van der Waals surface area contributed by atoms with Crippen LogP contribution in [-0.2, 0) is 11.3 Å². The molecule has 1 aliphatic heterocycles. The molecule has 0 amide bonds. The molecule has 0 spiro atoms. The highest BCUT2D eigenvalue weighted by Crippen LogP contribution is 2.24. The first-order valence-electron chi connectivity index (χ1n) is 6.48. The van der Waals surface area contributed by atoms with Gasteiger partial charge in [-0.2, -0.15) is 0 Å². The Hall–Kier alpha value is -1.10. The third kappa shape index (κ3) is 3.22. The van der Waals surface area contributed by atoms with Crippen molar-refractivity contribution < 1.29 is 9.47 Å². The lowest BCUT2D eigenvalue weighted by Gasteiger charge is -2.40. The van der Waals surface area contributed by atoms with Gasteiger partial charge in [-0.1, -0.05) is 12.1 Å². The Morgan fingerprint density at radius 2 is 2.06 bits per heavy atom. The van der Waals surface area contributed by atoms with Crippen molar-refractivity contribution in [3.8, 4) is 5.75 Å². The van der Waals surface area contributed by atoms with Crippen molar-refractivity contribution in [3.63, 3.8) is 0 Å². The minimum Gasteiger partial charge on any atom is -0.494 e. The quantitative estimate of drug-likeness (QED) is 0.762. The van der Waals surface area contributed by atoms with E-state index in [4.69, 9.17) is 15.2 Å². The average Bonchev–Trinajstić information content (AvgIpc) is 2.35. The standard InChI is InChI=1S/C14H22N2O2/c1-2-18-13-5-3-12(4-6-13)7-16-9-14(8-15)10-17-11-14/h3-6,16H,2,7-11,15H2,1H3. The second-order valence-electron chi connectivity index (χ2n) is 4.88. The van der Waals surface area contributed by atoms with Gasteiger partial charge < -0.3 is 20.5 Å². The molecule has 4 nitrogen and oxygen atoms in total. The second-order valence-corrected chi connectivity index (χ2v) is 4.88. The highest BCUT2D eigenvalue weighted by Gasteiger charge is 2.36. The predicted molar refractivity (Wildman–Crippen MR) is 71.6 cm³/mol. The van der Waals surface area contributed by atoms with Gasteiger partial charge in [0, 0.05) is 25.0 Å². The van der Waals surface area contributed by atoms with Crippen molar-refractivity contribution >= 4 is 0 Å². The summed E-state index contributed by atoms with van der Waals surface area (Å²) in [5.74, 6) is 0.923. The number of ether oxygens (including phenoxy) is 2. The Kier molecular flexibility index (Phi) is 4.58. The zero-order chi connectivity index (χ0) is 12.8. The summed E-state index contributed by atoms with van der Waals surface area (Å²) in [4.78, 5) is 0. The van der Waals surface area contributed by atoms with Crippen LogP contribution in [0.5, 0.6) is 5.75 Å². The molecule has 2 rings (SSSR count). The topological polar surface area (TPSA) is 56.5 Å². The van der Waals surface area contributed by atoms with E-state index in [1.165, 1.54) is 5.56 Å². The van der Waals surface area contributed by atoms with Crippen LogP contribution in [0.1, 0.15) is 12.5 Å². The number of nitrogens with one attached hydrogen (secondary N) is 1. The fourth-order valence-corrected chi connectivity index (χ4v) is 2.03. The van der Waals surface area contributed by atoms with Gasteiger partial charge in [0.05, 0.1) is 19.8 Å². The van der Waals surface area contributed by atoms with Crippen LogP contribution in [0.25, 0.3) is 0 Å². The van der Waals surface area contributed by atoms with E-state index in [9.17, 15) is 0 Å². The maximum atomic E-state index is 5.76. The van der Waals surface area contributed by atoms with E-state index in [0.717, 1.165) is 32.1 Å². The minimum absolute atomic E-state index is 0.158. The molecule has 0 bridgehead atoms. The molecule has 1 saturated heterocycles. The maximum Gasteiger partial charge on any atom is 0.119 e. The number of hydrogen-bond acceptors (Lipinski definition) is 4. The van der Waals surface area contributed by atoms with Crippen LogP contribution in [0.2, 0.25) is 0 Å². The third-order valence-electron chi connectivity index (χ3n) is 3.31. The molecule has 0 radical (unpaired) electrons. The van der Waals surface area contributed by atoms with Gasteiger partial charge in [0.1, 0.15) is 5.75 Å². The van der Waals surface area contributed by atoms with Crippen LogP contribution >= 0.6 is 0 Å². The molecule has 0 saturated carbocycles. The zero-order valence-corrected chi connectivity index (χ0v) is 10.9. The molecular formula is C14H22N2O2. The van der Waals surface area contributed by atoms with Crippen LogP contribution in [-0.4, -0.2) is 32.9 Å². The van der Waals surface area contributed by atoms with Gasteiger partial charge in [-0.15, -0.1) is 0 Å². The summed E-state index contributed by atoms with van der Waals surface area (Å²) in [6.45, 7) is 6.70. The maximum absolute atomic E-state index is 5.76. The van der Waals surface area contributed by atoms with Crippen LogP contribution in [0.3, 0.4) is 0 Å². The van der Waals surface area contributed by atoms with E-state index < -0.39 is 0 Å². The Balaban J connectivity index is 1.76. The molecule has 1 aromatic carbocycles. The molecule has 0 aromatic heterocycles. The number of rotatable bonds is 7. The van der Waals surface area contributed by atoms with E-state index in [-0.39, 0.29) is 5.41 Å². The van der Waals surface area contributed by atoms with Gasteiger partial charge in [-0.05, 0) is 24.6 Å². The van der Waals surface area contributed by atoms with Crippen LogP contribution in [0, 0.1) is 5.41 Å². The smallest absolute Gasteiger partial charge is 0.119 e. The lowest BCUT2D eigenvalue weighted by molar-refractivity contribution is -0.105. The number of benzene rings is 1. The molecule has 100 valence electrons. The Morgan fingerprint density at radius 1 is 1.33 bits per heavy atom. The molecule has 0 unspecified atom stereocenters. The van der Waals surface area contributed by atoms with Gasteiger partial charge in [-0.3, -0.25) is 0 Å². The lowest BCUT2D eigenvalue weighted by atomic mass is 9.86. The van der Waals surface area contributed by atoms with Crippen molar-refractivity contribution in [1.82, 2.24) is 5.32 Å². The molecule has 18 heavy (non-hydrogen) atoms. The minimum atomic E-state index is 0.158. The fraction of sp³-hybridized carbons (Fsp3) is 0.571. The third-order valence-corrected chi connectivity index (χ3v) is 3.31. The summed E-state index contributed by atoms with van der Waals surface area (Å²) < 4.78 is 10.6. The van der Waals surface area contributed by atoms with Gasteiger partial charge in [0.2, 0.25) is 0 Å². The normalized spacial score (nSPS) is 17.2. The van der Waals surface area contributed by atoms with Gasteiger partial charge in [0.15, 0.2) is 0 Å². The fourth-order valence-electron chi connectivity index (χ4n) is 2.03. The molecule has 4 heteroatoms. The monoisotopic (exact) mass is 250 g/mol. The Bertz CT molecular complexity index is 355. The lowest BCUT2D eigenvalue weighted by Crippen LogP contribution is -2.54. The first kappa shape index (κ1) is 13.3. The molecule has 0 aliphatic carbocycles. The van der Waals surface area contributed by atoms with Crippen LogP contribution in [0.15, 0.2) is 24.3 Å². The van der Waals surface area contributed by atoms with E-state index >= 15 is 0 Å². The molecule has 1 aromatic rings. The van der Waals surface area contributed by atoms with E-state index in [1.807, 2.05) is 19.1 Å². The summed E-state index contributed by atoms with van der Waals surface area (Å²) in [7, 11) is 0. The van der Waals surface area contributed by atoms with E-state index in [2.05, 4.69) is 17.4 Å². The van der Waals surface area contributed by atoms with Gasteiger partial charge in [-0.25, -0.2) is 0 Å². The first-order valence-corrected chi connectivity index (χ1v) is 6.48.